The predicted octanol–water partition coefficient (Wildman–Crippen LogP) is 8.63. The SMILES string of the molecule is c1ccc2c(c1)B1c3ccccc3-c3cccc(-c4ccc5sc6ccccc6c5c4)c3N1c1ccccc1-2. The van der Waals surface area contributed by atoms with Crippen LogP contribution in [0.2, 0.25) is 0 Å². The Morgan fingerprint density at radius 2 is 1.08 bits per heavy atom. The fourth-order valence-electron chi connectivity index (χ4n) is 6.85. The summed E-state index contributed by atoms with van der Waals surface area (Å²) >= 11 is 1.88. The third-order valence-corrected chi connectivity index (χ3v) is 9.63. The van der Waals surface area contributed by atoms with Gasteiger partial charge in [-0.05, 0) is 51.9 Å². The second kappa shape index (κ2) is 7.95. The van der Waals surface area contributed by atoms with Crippen LogP contribution in [-0.4, -0.2) is 6.85 Å². The number of nitrogens with zero attached hydrogens (tertiary/aromatic N) is 1. The molecule has 2 aliphatic heterocycles. The molecule has 6 aromatic carbocycles. The van der Waals surface area contributed by atoms with Crippen molar-refractivity contribution >= 4 is 60.7 Å². The lowest BCUT2D eigenvalue weighted by Gasteiger charge is -2.44. The molecule has 0 fully saturated rings. The van der Waals surface area contributed by atoms with Crippen LogP contribution in [0.1, 0.15) is 0 Å². The molecule has 3 heterocycles. The van der Waals surface area contributed by atoms with Gasteiger partial charge in [-0.25, -0.2) is 0 Å². The molecule has 0 unspecified atom stereocenters. The third-order valence-electron chi connectivity index (χ3n) is 8.48. The highest BCUT2D eigenvalue weighted by Gasteiger charge is 2.42. The fourth-order valence-corrected chi connectivity index (χ4v) is 7.94. The summed E-state index contributed by atoms with van der Waals surface area (Å²) in [6, 6.07) is 49.5. The van der Waals surface area contributed by atoms with E-state index in [9.17, 15) is 0 Å². The molecule has 0 amide bonds. The minimum absolute atomic E-state index is 0.117. The molecule has 0 atom stereocenters. The second-order valence-corrected chi connectivity index (χ2v) is 11.6. The fraction of sp³-hybridized carbons (Fsp3) is 0. The smallest absolute Gasteiger partial charge is 0.329 e. The molecule has 0 saturated carbocycles. The summed E-state index contributed by atoms with van der Waals surface area (Å²) in [7, 11) is 0. The maximum absolute atomic E-state index is 2.61. The molecule has 1 aromatic heterocycles. The predicted molar refractivity (Wildman–Crippen MR) is 169 cm³/mol. The highest BCUT2D eigenvalue weighted by Crippen LogP contribution is 2.50. The lowest BCUT2D eigenvalue weighted by atomic mass is 9.43. The van der Waals surface area contributed by atoms with Crippen LogP contribution in [0.4, 0.5) is 11.4 Å². The molecule has 0 radical (unpaired) electrons. The quantitative estimate of drug-likeness (QED) is 0.200. The van der Waals surface area contributed by atoms with E-state index in [1.165, 1.54) is 75.9 Å². The summed E-state index contributed by atoms with van der Waals surface area (Å²) in [5.41, 5.74) is 13.1. The second-order valence-electron chi connectivity index (χ2n) is 10.5. The molecule has 2 aliphatic rings. The van der Waals surface area contributed by atoms with Crippen LogP contribution < -0.4 is 15.7 Å². The van der Waals surface area contributed by atoms with E-state index in [2.05, 4.69) is 138 Å². The summed E-state index contributed by atoms with van der Waals surface area (Å²) in [5.74, 6) is 0. The van der Waals surface area contributed by atoms with E-state index in [1.807, 2.05) is 11.3 Å². The minimum Gasteiger partial charge on any atom is -0.375 e. The standard InChI is InChI=1S/C36H22BNS/c1-5-16-31-25(10-1)27-12-3-7-18-33(27)38-36-24(14-9-15-29(36)26-11-2-6-17-32(26)37(31)38)23-20-21-35-30(22-23)28-13-4-8-19-34(28)39-35/h1-22H. The van der Waals surface area contributed by atoms with E-state index < -0.39 is 0 Å². The summed E-state index contributed by atoms with van der Waals surface area (Å²) < 4.78 is 2.68. The van der Waals surface area contributed by atoms with Gasteiger partial charge in [0, 0.05) is 48.2 Å². The largest absolute Gasteiger partial charge is 0.375 e. The Morgan fingerprint density at radius 3 is 1.92 bits per heavy atom. The van der Waals surface area contributed by atoms with Crippen molar-refractivity contribution in [1.82, 2.24) is 0 Å². The van der Waals surface area contributed by atoms with Crippen LogP contribution in [-0.2, 0) is 0 Å². The number of para-hydroxylation sites is 2. The Labute approximate surface area is 231 Å². The third kappa shape index (κ3) is 2.91. The Bertz CT molecular complexity index is 2110. The molecule has 1 nitrogen and oxygen atoms in total. The average molecular weight is 511 g/mol. The number of benzene rings is 6. The van der Waals surface area contributed by atoms with Crippen molar-refractivity contribution in [2.24, 2.45) is 0 Å². The van der Waals surface area contributed by atoms with Crippen molar-refractivity contribution in [2.45, 2.75) is 0 Å². The summed E-state index contributed by atoms with van der Waals surface area (Å²) in [6.07, 6.45) is 0. The Balaban J connectivity index is 1.38. The molecule has 0 bridgehead atoms. The number of thiophene rings is 1. The van der Waals surface area contributed by atoms with Gasteiger partial charge in [-0.15, -0.1) is 11.3 Å². The number of hydrogen-bond donors (Lipinski definition) is 0. The first-order valence-electron chi connectivity index (χ1n) is 13.5. The van der Waals surface area contributed by atoms with Gasteiger partial charge < -0.3 is 4.81 Å². The molecule has 0 saturated heterocycles. The van der Waals surface area contributed by atoms with Gasteiger partial charge in [0.15, 0.2) is 0 Å². The molecule has 0 spiro atoms. The van der Waals surface area contributed by atoms with Gasteiger partial charge in [0.05, 0.1) is 0 Å². The molecule has 180 valence electrons. The van der Waals surface area contributed by atoms with Crippen LogP contribution in [0.25, 0.3) is 53.6 Å². The first-order chi connectivity index (χ1) is 19.4. The Hall–Kier alpha value is -4.60. The number of anilines is 2. The number of fused-ring (bicyclic) bond motifs is 14. The highest BCUT2D eigenvalue weighted by molar-refractivity contribution is 7.25. The molecule has 3 heteroatoms. The van der Waals surface area contributed by atoms with E-state index in [1.54, 1.807) is 0 Å². The van der Waals surface area contributed by atoms with Crippen molar-refractivity contribution in [1.29, 1.82) is 0 Å². The van der Waals surface area contributed by atoms with E-state index in [4.69, 9.17) is 0 Å². The van der Waals surface area contributed by atoms with Gasteiger partial charge in [0.25, 0.3) is 0 Å². The Kier molecular flexibility index (Phi) is 4.35. The average Bonchev–Trinajstić information content (AvgIpc) is 3.38. The van der Waals surface area contributed by atoms with Gasteiger partial charge in [-0.2, -0.15) is 0 Å². The molecular weight excluding hydrogens is 489 g/mol. The van der Waals surface area contributed by atoms with E-state index in [-0.39, 0.29) is 6.85 Å². The molecular formula is C36H22BNS. The van der Waals surface area contributed by atoms with Crippen LogP contribution in [0.5, 0.6) is 0 Å². The number of hydrogen-bond acceptors (Lipinski definition) is 2. The van der Waals surface area contributed by atoms with Gasteiger partial charge in [0.2, 0.25) is 0 Å². The van der Waals surface area contributed by atoms with E-state index >= 15 is 0 Å². The van der Waals surface area contributed by atoms with Crippen molar-refractivity contribution in [3.8, 4) is 33.4 Å². The zero-order chi connectivity index (χ0) is 25.5. The van der Waals surface area contributed by atoms with Crippen molar-refractivity contribution in [3.05, 3.63) is 133 Å². The first kappa shape index (κ1) is 21.4. The van der Waals surface area contributed by atoms with Gasteiger partial charge in [-0.1, -0.05) is 109 Å². The van der Waals surface area contributed by atoms with Gasteiger partial charge in [-0.3, -0.25) is 0 Å². The zero-order valence-electron chi connectivity index (χ0n) is 21.1. The van der Waals surface area contributed by atoms with Crippen LogP contribution in [0.15, 0.2) is 133 Å². The van der Waals surface area contributed by atoms with Crippen LogP contribution >= 0.6 is 11.3 Å². The molecule has 0 N–H and O–H groups in total. The normalized spacial score (nSPS) is 13.0. The first-order valence-corrected chi connectivity index (χ1v) is 14.3. The van der Waals surface area contributed by atoms with Gasteiger partial charge >= 0.3 is 6.85 Å². The topological polar surface area (TPSA) is 3.24 Å². The maximum atomic E-state index is 2.61. The molecule has 39 heavy (non-hydrogen) atoms. The van der Waals surface area contributed by atoms with Crippen LogP contribution in [0, 0.1) is 0 Å². The van der Waals surface area contributed by atoms with Crippen LogP contribution in [0.3, 0.4) is 0 Å². The molecule has 0 aliphatic carbocycles. The lowest BCUT2D eigenvalue weighted by molar-refractivity contribution is 1.35. The van der Waals surface area contributed by atoms with E-state index in [0.717, 1.165) is 0 Å². The lowest BCUT2D eigenvalue weighted by Crippen LogP contribution is -2.59. The van der Waals surface area contributed by atoms with Crippen molar-refractivity contribution in [2.75, 3.05) is 4.81 Å². The van der Waals surface area contributed by atoms with Gasteiger partial charge in [0.1, 0.15) is 0 Å². The zero-order valence-corrected chi connectivity index (χ0v) is 22.0. The maximum Gasteiger partial charge on any atom is 0.329 e. The van der Waals surface area contributed by atoms with E-state index in [0.29, 0.717) is 0 Å². The summed E-state index contributed by atoms with van der Waals surface area (Å²) in [4.78, 5) is 2.61. The molecule has 7 aromatic rings. The summed E-state index contributed by atoms with van der Waals surface area (Å²) in [6.45, 7) is 0.117. The minimum atomic E-state index is 0.117. The van der Waals surface area contributed by atoms with Crippen molar-refractivity contribution in [3.63, 3.8) is 0 Å². The highest BCUT2D eigenvalue weighted by atomic mass is 32.1. The summed E-state index contributed by atoms with van der Waals surface area (Å²) in [5, 5.41) is 2.67. The van der Waals surface area contributed by atoms with Crippen molar-refractivity contribution < 1.29 is 0 Å². The molecule has 9 rings (SSSR count). The monoisotopic (exact) mass is 511 g/mol. The number of rotatable bonds is 1. The Morgan fingerprint density at radius 1 is 0.462 bits per heavy atom.